The van der Waals surface area contributed by atoms with Crippen molar-refractivity contribution in [1.82, 2.24) is 9.71 Å². The van der Waals surface area contributed by atoms with E-state index in [9.17, 15) is 8.42 Å². The van der Waals surface area contributed by atoms with Crippen molar-refractivity contribution in [2.24, 2.45) is 5.41 Å². The molecule has 1 fully saturated rings. The zero-order valence-electron chi connectivity index (χ0n) is 10.3. The van der Waals surface area contributed by atoms with Crippen molar-refractivity contribution < 1.29 is 8.42 Å². The molecule has 1 aliphatic rings. The molecule has 1 aliphatic carbocycles. The molecule has 0 atom stereocenters. The highest BCUT2D eigenvalue weighted by atomic mass is 35.5. The maximum atomic E-state index is 12.1. The fraction of sp³-hybridized carbons (Fsp3) is 0.583. The lowest BCUT2D eigenvalue weighted by atomic mass is 9.89. The van der Waals surface area contributed by atoms with Gasteiger partial charge in [0.15, 0.2) is 0 Å². The van der Waals surface area contributed by atoms with Crippen LogP contribution in [0.5, 0.6) is 0 Å². The molecule has 1 aromatic rings. The first-order chi connectivity index (χ1) is 8.43. The van der Waals surface area contributed by atoms with E-state index in [0.29, 0.717) is 6.54 Å². The predicted octanol–water partition coefficient (Wildman–Crippen LogP) is 2.59. The number of sulfonamides is 1. The summed E-state index contributed by atoms with van der Waals surface area (Å²) in [6.45, 7) is 2.58. The van der Waals surface area contributed by atoms with E-state index in [1.807, 2.05) is 0 Å². The van der Waals surface area contributed by atoms with Gasteiger partial charge in [-0.15, -0.1) is 0 Å². The minimum Gasteiger partial charge on any atom is -0.243 e. The van der Waals surface area contributed by atoms with E-state index in [-0.39, 0.29) is 15.5 Å². The van der Waals surface area contributed by atoms with Crippen molar-refractivity contribution in [3.05, 3.63) is 23.5 Å². The molecule has 0 aliphatic heterocycles. The number of hydrogen-bond donors (Lipinski definition) is 1. The molecule has 0 unspecified atom stereocenters. The normalized spacial score (nSPS) is 19.0. The van der Waals surface area contributed by atoms with E-state index in [1.165, 1.54) is 25.1 Å². The van der Waals surface area contributed by atoms with Crippen molar-refractivity contribution in [2.75, 3.05) is 6.54 Å². The number of aromatic nitrogens is 1. The molecular formula is C12H17ClN2O2S. The van der Waals surface area contributed by atoms with Gasteiger partial charge in [0.05, 0.1) is 0 Å². The fourth-order valence-electron chi connectivity index (χ4n) is 2.32. The van der Waals surface area contributed by atoms with Crippen molar-refractivity contribution in [1.29, 1.82) is 0 Å². The summed E-state index contributed by atoms with van der Waals surface area (Å²) in [5, 5.41) is 0.0153. The van der Waals surface area contributed by atoms with Crippen LogP contribution in [0.3, 0.4) is 0 Å². The summed E-state index contributed by atoms with van der Waals surface area (Å²) in [5.41, 5.74) is 0.0712. The molecule has 18 heavy (non-hydrogen) atoms. The van der Waals surface area contributed by atoms with Gasteiger partial charge in [0.25, 0.3) is 0 Å². The van der Waals surface area contributed by atoms with E-state index in [0.717, 1.165) is 12.8 Å². The maximum absolute atomic E-state index is 12.1. The number of nitrogens with zero attached hydrogens (tertiary/aromatic N) is 1. The van der Waals surface area contributed by atoms with E-state index < -0.39 is 10.0 Å². The summed E-state index contributed by atoms with van der Waals surface area (Å²) in [7, 11) is -3.56. The Hall–Kier alpha value is -0.650. The second kappa shape index (κ2) is 5.15. The summed E-state index contributed by atoms with van der Waals surface area (Å²) in [6, 6.07) is 3.03. The summed E-state index contributed by atoms with van der Waals surface area (Å²) >= 11 is 5.81. The summed E-state index contributed by atoms with van der Waals surface area (Å²) in [4.78, 5) is 3.84. The van der Waals surface area contributed by atoms with Gasteiger partial charge >= 0.3 is 0 Å². The lowest BCUT2D eigenvalue weighted by molar-refractivity contribution is 0.336. The maximum Gasteiger partial charge on any atom is 0.243 e. The Morgan fingerprint density at radius 3 is 2.72 bits per heavy atom. The van der Waals surface area contributed by atoms with Gasteiger partial charge in [0.1, 0.15) is 10.0 Å². The average molecular weight is 289 g/mol. The van der Waals surface area contributed by atoms with Crippen molar-refractivity contribution in [3.63, 3.8) is 0 Å². The minimum atomic E-state index is -3.56. The Bertz CT molecular complexity index is 525. The van der Waals surface area contributed by atoms with Crippen LogP contribution in [-0.2, 0) is 10.0 Å². The Labute approximate surface area is 113 Å². The van der Waals surface area contributed by atoms with Gasteiger partial charge in [0, 0.05) is 12.7 Å². The minimum absolute atomic E-state index is 0.0153. The lowest BCUT2D eigenvalue weighted by Crippen LogP contribution is -2.34. The highest BCUT2D eigenvalue weighted by Gasteiger charge is 2.30. The number of hydrogen-bond acceptors (Lipinski definition) is 3. The van der Waals surface area contributed by atoms with Gasteiger partial charge in [-0.1, -0.05) is 31.4 Å². The third kappa shape index (κ3) is 3.02. The molecule has 1 aromatic heterocycles. The fourth-order valence-corrected chi connectivity index (χ4v) is 3.97. The molecule has 6 heteroatoms. The molecule has 1 saturated carbocycles. The smallest absolute Gasteiger partial charge is 0.243 e. The summed E-state index contributed by atoms with van der Waals surface area (Å²) in [6.07, 6.45) is 5.95. The van der Waals surface area contributed by atoms with Crippen LogP contribution in [0.1, 0.15) is 32.6 Å². The van der Waals surface area contributed by atoms with Gasteiger partial charge in [-0.2, -0.15) is 0 Å². The van der Waals surface area contributed by atoms with Crippen LogP contribution in [-0.4, -0.2) is 19.9 Å². The molecule has 0 amide bonds. The molecule has 100 valence electrons. The number of halogens is 1. The largest absolute Gasteiger partial charge is 0.243 e. The number of nitrogens with one attached hydrogen (secondary N) is 1. The predicted molar refractivity (Wildman–Crippen MR) is 71.0 cm³/mol. The van der Waals surface area contributed by atoms with Gasteiger partial charge < -0.3 is 0 Å². The van der Waals surface area contributed by atoms with Crippen LogP contribution in [0.4, 0.5) is 0 Å². The number of pyridine rings is 1. The van der Waals surface area contributed by atoms with Gasteiger partial charge in [-0.25, -0.2) is 18.1 Å². The molecule has 0 radical (unpaired) electrons. The van der Waals surface area contributed by atoms with Gasteiger partial charge in [-0.05, 0) is 30.4 Å². The molecule has 0 saturated heterocycles. The third-order valence-electron chi connectivity index (χ3n) is 3.51. The Kier molecular flexibility index (Phi) is 3.94. The van der Waals surface area contributed by atoms with Gasteiger partial charge in [0.2, 0.25) is 10.0 Å². The van der Waals surface area contributed by atoms with Crippen molar-refractivity contribution in [3.8, 4) is 0 Å². The molecule has 0 aromatic carbocycles. The second-order valence-corrected chi connectivity index (χ2v) is 7.23. The highest BCUT2D eigenvalue weighted by molar-refractivity contribution is 7.89. The average Bonchev–Trinajstić information content (AvgIpc) is 2.75. The Morgan fingerprint density at radius 1 is 1.44 bits per heavy atom. The molecule has 2 rings (SSSR count). The first-order valence-corrected chi connectivity index (χ1v) is 7.89. The second-order valence-electron chi connectivity index (χ2n) is 5.13. The first kappa shape index (κ1) is 13.8. The third-order valence-corrected chi connectivity index (χ3v) is 5.36. The zero-order chi connectivity index (χ0) is 13.2. The van der Waals surface area contributed by atoms with E-state index in [2.05, 4.69) is 16.6 Å². The monoisotopic (exact) mass is 288 g/mol. The number of rotatable bonds is 4. The van der Waals surface area contributed by atoms with Crippen LogP contribution < -0.4 is 4.72 Å². The van der Waals surface area contributed by atoms with Crippen molar-refractivity contribution in [2.45, 2.75) is 37.5 Å². The molecule has 0 bridgehead atoms. The van der Waals surface area contributed by atoms with Gasteiger partial charge in [-0.3, -0.25) is 0 Å². The summed E-state index contributed by atoms with van der Waals surface area (Å²) in [5.74, 6) is 0. The Balaban J connectivity index is 2.11. The lowest BCUT2D eigenvalue weighted by Gasteiger charge is -2.23. The molecule has 0 spiro atoms. The van der Waals surface area contributed by atoms with E-state index >= 15 is 0 Å². The molecule has 1 N–H and O–H groups in total. The van der Waals surface area contributed by atoms with Crippen molar-refractivity contribution >= 4 is 21.6 Å². The van der Waals surface area contributed by atoms with Crippen LogP contribution in [0.25, 0.3) is 0 Å². The topological polar surface area (TPSA) is 59.1 Å². The molecule has 4 nitrogen and oxygen atoms in total. The first-order valence-electron chi connectivity index (χ1n) is 6.03. The zero-order valence-corrected chi connectivity index (χ0v) is 11.9. The Morgan fingerprint density at radius 2 is 2.11 bits per heavy atom. The molecule has 1 heterocycles. The SMILES string of the molecule is CC1(CNS(=O)(=O)c2cccnc2Cl)CCCC1. The van der Waals surface area contributed by atoms with Crippen LogP contribution in [0.15, 0.2) is 23.2 Å². The molecular weight excluding hydrogens is 272 g/mol. The highest BCUT2D eigenvalue weighted by Crippen LogP contribution is 2.37. The van der Waals surface area contributed by atoms with Crippen LogP contribution in [0.2, 0.25) is 5.15 Å². The standard InChI is InChI=1S/C12H17ClN2O2S/c1-12(6-2-3-7-12)9-15-18(16,17)10-5-4-8-14-11(10)13/h4-5,8,15H,2-3,6-7,9H2,1H3. The van der Waals surface area contributed by atoms with E-state index in [4.69, 9.17) is 11.6 Å². The van der Waals surface area contributed by atoms with Crippen LogP contribution >= 0.6 is 11.6 Å². The summed E-state index contributed by atoms with van der Waals surface area (Å²) < 4.78 is 26.9. The van der Waals surface area contributed by atoms with Crippen LogP contribution in [0, 0.1) is 5.41 Å². The quantitative estimate of drug-likeness (QED) is 0.867. The van der Waals surface area contributed by atoms with E-state index in [1.54, 1.807) is 6.07 Å².